The molecule has 0 aromatic heterocycles. The minimum Gasteiger partial charge on any atom is -0.497 e. The standard InChI is InChI=1S/C16H23NO2S/c1-5-17(12-13(2)3)16(18)10-11-20-15-8-6-14(19-4)7-9-15/h6-9H,2,5,10-12H2,1,3-4H3. The first-order valence-electron chi connectivity index (χ1n) is 6.75. The van der Waals surface area contributed by atoms with E-state index in [1.165, 1.54) is 0 Å². The van der Waals surface area contributed by atoms with Crippen LogP contribution < -0.4 is 4.74 Å². The lowest BCUT2D eigenvalue weighted by atomic mass is 10.3. The van der Waals surface area contributed by atoms with Crippen LogP contribution in [0.3, 0.4) is 0 Å². The van der Waals surface area contributed by atoms with Crippen molar-refractivity contribution < 1.29 is 9.53 Å². The highest BCUT2D eigenvalue weighted by Crippen LogP contribution is 2.22. The molecule has 0 fully saturated rings. The minimum absolute atomic E-state index is 0.191. The highest BCUT2D eigenvalue weighted by atomic mass is 32.2. The third-order valence-electron chi connectivity index (χ3n) is 2.84. The van der Waals surface area contributed by atoms with Gasteiger partial charge >= 0.3 is 0 Å². The van der Waals surface area contributed by atoms with Crippen molar-refractivity contribution in [2.75, 3.05) is 26.0 Å². The van der Waals surface area contributed by atoms with Gasteiger partial charge in [-0.3, -0.25) is 4.79 Å². The molecule has 1 amide bonds. The Bertz CT molecular complexity index is 442. The lowest BCUT2D eigenvalue weighted by Gasteiger charge is -2.20. The van der Waals surface area contributed by atoms with E-state index in [0.29, 0.717) is 13.0 Å². The molecule has 0 heterocycles. The number of ether oxygens (including phenoxy) is 1. The van der Waals surface area contributed by atoms with E-state index >= 15 is 0 Å². The number of methoxy groups -OCH3 is 1. The van der Waals surface area contributed by atoms with Crippen LogP contribution in [0.1, 0.15) is 20.3 Å². The maximum absolute atomic E-state index is 12.1. The summed E-state index contributed by atoms with van der Waals surface area (Å²) in [6.07, 6.45) is 0.553. The van der Waals surface area contributed by atoms with E-state index in [1.54, 1.807) is 18.9 Å². The highest BCUT2D eigenvalue weighted by molar-refractivity contribution is 7.99. The normalized spacial score (nSPS) is 10.2. The summed E-state index contributed by atoms with van der Waals surface area (Å²) in [6.45, 7) is 9.19. The second-order valence-electron chi connectivity index (χ2n) is 4.64. The molecule has 110 valence electrons. The summed E-state index contributed by atoms with van der Waals surface area (Å²) >= 11 is 1.69. The van der Waals surface area contributed by atoms with Crippen LogP contribution in [0.2, 0.25) is 0 Å². The fraction of sp³-hybridized carbons (Fsp3) is 0.438. The minimum atomic E-state index is 0.191. The average molecular weight is 293 g/mol. The van der Waals surface area contributed by atoms with Crippen LogP contribution in [0, 0.1) is 0 Å². The Labute approximate surface area is 126 Å². The van der Waals surface area contributed by atoms with Gasteiger partial charge in [0, 0.05) is 30.2 Å². The predicted octanol–water partition coefficient (Wildman–Crippen LogP) is 3.60. The fourth-order valence-electron chi connectivity index (χ4n) is 1.79. The average Bonchev–Trinajstić information content (AvgIpc) is 2.45. The lowest BCUT2D eigenvalue weighted by Crippen LogP contribution is -2.32. The number of hydrogen-bond donors (Lipinski definition) is 0. The van der Waals surface area contributed by atoms with E-state index in [1.807, 2.05) is 43.0 Å². The Kier molecular flexibility index (Phi) is 7.23. The van der Waals surface area contributed by atoms with Gasteiger partial charge < -0.3 is 9.64 Å². The molecule has 1 aromatic carbocycles. The zero-order valence-electron chi connectivity index (χ0n) is 12.5. The smallest absolute Gasteiger partial charge is 0.223 e. The third kappa shape index (κ3) is 5.70. The Morgan fingerprint density at radius 3 is 2.50 bits per heavy atom. The van der Waals surface area contributed by atoms with Gasteiger partial charge in [-0.1, -0.05) is 12.2 Å². The summed E-state index contributed by atoms with van der Waals surface area (Å²) in [4.78, 5) is 15.1. The van der Waals surface area contributed by atoms with E-state index < -0.39 is 0 Å². The molecule has 1 aromatic rings. The van der Waals surface area contributed by atoms with Crippen molar-refractivity contribution in [3.8, 4) is 5.75 Å². The molecule has 0 aliphatic carbocycles. The molecule has 0 unspecified atom stereocenters. The SMILES string of the molecule is C=C(C)CN(CC)C(=O)CCSc1ccc(OC)cc1. The van der Waals surface area contributed by atoms with Crippen LogP contribution in [0.4, 0.5) is 0 Å². The number of thioether (sulfide) groups is 1. The van der Waals surface area contributed by atoms with Gasteiger partial charge in [0.15, 0.2) is 0 Å². The number of amides is 1. The monoisotopic (exact) mass is 293 g/mol. The number of carbonyl (C=O) groups excluding carboxylic acids is 1. The topological polar surface area (TPSA) is 29.5 Å². The van der Waals surface area contributed by atoms with Gasteiger partial charge in [-0.15, -0.1) is 11.8 Å². The van der Waals surface area contributed by atoms with E-state index in [2.05, 4.69) is 6.58 Å². The van der Waals surface area contributed by atoms with Crippen molar-refractivity contribution in [1.82, 2.24) is 4.90 Å². The van der Waals surface area contributed by atoms with E-state index in [4.69, 9.17) is 4.74 Å². The molecule has 0 saturated heterocycles. The summed E-state index contributed by atoms with van der Waals surface area (Å²) in [5.41, 5.74) is 1.02. The van der Waals surface area contributed by atoms with Crippen LogP contribution >= 0.6 is 11.8 Å². The van der Waals surface area contributed by atoms with Crippen molar-refractivity contribution in [1.29, 1.82) is 0 Å². The van der Waals surface area contributed by atoms with E-state index in [9.17, 15) is 4.79 Å². The van der Waals surface area contributed by atoms with Crippen LogP contribution in [-0.2, 0) is 4.79 Å². The largest absolute Gasteiger partial charge is 0.497 e. The zero-order valence-corrected chi connectivity index (χ0v) is 13.3. The molecule has 0 aliphatic rings. The second-order valence-corrected chi connectivity index (χ2v) is 5.81. The molecule has 0 radical (unpaired) electrons. The Morgan fingerprint density at radius 2 is 2.00 bits per heavy atom. The fourth-order valence-corrected chi connectivity index (χ4v) is 2.63. The quantitative estimate of drug-likeness (QED) is 0.542. The van der Waals surface area contributed by atoms with Crippen LogP contribution in [-0.4, -0.2) is 36.8 Å². The number of carbonyl (C=O) groups is 1. The molecule has 1 rings (SSSR count). The van der Waals surface area contributed by atoms with Crippen molar-refractivity contribution in [2.24, 2.45) is 0 Å². The Balaban J connectivity index is 2.38. The third-order valence-corrected chi connectivity index (χ3v) is 3.85. The number of hydrogen-bond acceptors (Lipinski definition) is 3. The number of likely N-dealkylation sites (N-methyl/N-ethyl adjacent to an activating group) is 1. The van der Waals surface area contributed by atoms with Gasteiger partial charge in [0.1, 0.15) is 5.75 Å². The summed E-state index contributed by atoms with van der Waals surface area (Å²) in [6, 6.07) is 7.89. The zero-order chi connectivity index (χ0) is 15.0. The molecule has 0 spiro atoms. The van der Waals surface area contributed by atoms with E-state index in [-0.39, 0.29) is 5.91 Å². The number of benzene rings is 1. The number of rotatable bonds is 8. The molecule has 0 saturated carbocycles. The van der Waals surface area contributed by atoms with Crippen molar-refractivity contribution in [2.45, 2.75) is 25.2 Å². The Morgan fingerprint density at radius 1 is 1.35 bits per heavy atom. The molecule has 3 nitrogen and oxygen atoms in total. The number of nitrogens with zero attached hydrogens (tertiary/aromatic N) is 1. The van der Waals surface area contributed by atoms with Crippen molar-refractivity contribution >= 4 is 17.7 Å². The molecule has 20 heavy (non-hydrogen) atoms. The predicted molar refractivity (Wildman–Crippen MR) is 85.4 cm³/mol. The Hall–Kier alpha value is -1.42. The van der Waals surface area contributed by atoms with Crippen molar-refractivity contribution in [3.63, 3.8) is 0 Å². The van der Waals surface area contributed by atoms with Gasteiger partial charge in [-0.25, -0.2) is 0 Å². The summed E-state index contributed by atoms with van der Waals surface area (Å²) in [5, 5.41) is 0. The molecule has 0 N–H and O–H groups in total. The maximum atomic E-state index is 12.1. The molecule has 0 atom stereocenters. The molecule has 0 aliphatic heterocycles. The van der Waals surface area contributed by atoms with Gasteiger partial charge in [0.2, 0.25) is 5.91 Å². The molecular formula is C16H23NO2S. The van der Waals surface area contributed by atoms with Gasteiger partial charge in [0.05, 0.1) is 7.11 Å². The maximum Gasteiger partial charge on any atom is 0.223 e. The highest BCUT2D eigenvalue weighted by Gasteiger charge is 2.11. The molecule has 0 bridgehead atoms. The van der Waals surface area contributed by atoms with Crippen LogP contribution in [0.15, 0.2) is 41.3 Å². The summed E-state index contributed by atoms with van der Waals surface area (Å²) in [7, 11) is 1.65. The second kappa shape index (κ2) is 8.69. The van der Waals surface area contributed by atoms with Gasteiger partial charge in [0.25, 0.3) is 0 Å². The first kappa shape index (κ1) is 16.6. The van der Waals surface area contributed by atoms with Crippen LogP contribution in [0.5, 0.6) is 5.75 Å². The van der Waals surface area contributed by atoms with Crippen molar-refractivity contribution in [3.05, 3.63) is 36.4 Å². The van der Waals surface area contributed by atoms with Gasteiger partial charge in [-0.05, 0) is 38.1 Å². The van der Waals surface area contributed by atoms with Crippen LogP contribution in [0.25, 0.3) is 0 Å². The first-order chi connectivity index (χ1) is 9.56. The molecular weight excluding hydrogens is 270 g/mol. The van der Waals surface area contributed by atoms with Gasteiger partial charge in [-0.2, -0.15) is 0 Å². The van der Waals surface area contributed by atoms with E-state index in [0.717, 1.165) is 28.5 Å². The summed E-state index contributed by atoms with van der Waals surface area (Å²) in [5.74, 6) is 1.83. The lowest BCUT2D eigenvalue weighted by molar-refractivity contribution is -0.130. The molecule has 4 heteroatoms. The summed E-state index contributed by atoms with van der Waals surface area (Å²) < 4.78 is 5.12. The first-order valence-corrected chi connectivity index (χ1v) is 7.74.